The number of hydrogen-bond acceptors (Lipinski definition) is 3. The summed E-state index contributed by atoms with van der Waals surface area (Å²) in [7, 11) is 0. The second-order valence-electron chi connectivity index (χ2n) is 6.30. The van der Waals surface area contributed by atoms with Gasteiger partial charge in [-0.2, -0.15) is 0 Å². The first-order valence-electron chi connectivity index (χ1n) is 8.26. The Balaban J connectivity index is 1.98. The molecule has 142 valence electrons. The number of thiophene rings is 1. The topological polar surface area (TPSA) is 66.4 Å². The van der Waals surface area contributed by atoms with Gasteiger partial charge in [0.2, 0.25) is 5.91 Å². The minimum Gasteiger partial charge on any atom is -0.477 e. The molecule has 1 atom stereocenters. The first-order valence-corrected chi connectivity index (χ1v) is 9.46. The monoisotopic (exact) mass is 419 g/mol. The molecule has 0 unspecified atom stereocenters. The summed E-state index contributed by atoms with van der Waals surface area (Å²) in [5, 5.41) is 12.8. The van der Waals surface area contributed by atoms with Crippen LogP contribution in [-0.4, -0.2) is 17.0 Å². The van der Waals surface area contributed by atoms with Crippen LogP contribution >= 0.6 is 22.9 Å². The van der Waals surface area contributed by atoms with E-state index in [9.17, 15) is 23.5 Å². The first kappa shape index (κ1) is 18.6. The van der Waals surface area contributed by atoms with E-state index in [2.05, 4.69) is 5.32 Å². The highest BCUT2D eigenvalue weighted by molar-refractivity contribution is 7.15. The number of carboxylic acids is 1. The predicted octanol–water partition coefficient (Wildman–Crippen LogP) is 5.52. The zero-order chi connectivity index (χ0) is 20.0. The molecule has 0 saturated carbocycles. The standard InChI is InChI=1S/C20H12ClF2NO3S/c21-10-6-4-9(5-7-10)15-17-18(28-19(15)20(26)27)11(8-14(25)24-17)16-12(22)2-1-3-13(16)23/h1-7,11H,8H2,(H,24,25)(H,26,27)/t11-/m1/s1. The summed E-state index contributed by atoms with van der Waals surface area (Å²) in [6.07, 6.45) is -0.176. The van der Waals surface area contributed by atoms with Crippen molar-refractivity contribution in [3.8, 4) is 11.1 Å². The van der Waals surface area contributed by atoms with Crippen molar-refractivity contribution in [2.24, 2.45) is 0 Å². The maximum Gasteiger partial charge on any atom is 0.346 e. The van der Waals surface area contributed by atoms with Gasteiger partial charge in [0.15, 0.2) is 0 Å². The van der Waals surface area contributed by atoms with E-state index in [1.54, 1.807) is 24.3 Å². The number of aromatic carboxylic acids is 1. The minimum atomic E-state index is -1.19. The SMILES string of the molecule is O=C1C[C@H](c2c(F)cccc2F)c2sc(C(=O)O)c(-c3ccc(Cl)cc3)c2N1. The van der Waals surface area contributed by atoms with Crippen LogP contribution in [0.1, 0.15) is 32.5 Å². The fourth-order valence-corrected chi connectivity index (χ4v) is 4.76. The third-order valence-electron chi connectivity index (χ3n) is 4.58. The van der Waals surface area contributed by atoms with Crippen molar-refractivity contribution in [3.05, 3.63) is 74.4 Å². The Labute approximate surface area is 167 Å². The Morgan fingerprint density at radius 1 is 1.14 bits per heavy atom. The maximum absolute atomic E-state index is 14.4. The fourth-order valence-electron chi connectivity index (χ4n) is 3.41. The number of anilines is 1. The molecule has 4 rings (SSSR count). The van der Waals surface area contributed by atoms with Crippen LogP contribution in [0.15, 0.2) is 42.5 Å². The summed E-state index contributed by atoms with van der Waals surface area (Å²) in [6.45, 7) is 0. The van der Waals surface area contributed by atoms with Crippen molar-refractivity contribution in [2.75, 3.05) is 5.32 Å². The van der Waals surface area contributed by atoms with E-state index in [0.29, 0.717) is 21.0 Å². The van der Waals surface area contributed by atoms with Crippen molar-refractivity contribution in [3.63, 3.8) is 0 Å². The molecule has 2 heterocycles. The van der Waals surface area contributed by atoms with Crippen molar-refractivity contribution in [1.82, 2.24) is 0 Å². The molecule has 1 aliphatic heterocycles. The molecule has 2 aromatic carbocycles. The van der Waals surface area contributed by atoms with E-state index in [1.807, 2.05) is 0 Å². The second kappa shape index (κ2) is 7.00. The molecule has 0 radical (unpaired) electrons. The predicted molar refractivity (Wildman–Crippen MR) is 103 cm³/mol. The van der Waals surface area contributed by atoms with E-state index >= 15 is 0 Å². The molecule has 4 nitrogen and oxygen atoms in total. The molecule has 2 N–H and O–H groups in total. The lowest BCUT2D eigenvalue weighted by molar-refractivity contribution is -0.116. The smallest absolute Gasteiger partial charge is 0.346 e. The van der Waals surface area contributed by atoms with Crippen LogP contribution in [0.25, 0.3) is 11.1 Å². The largest absolute Gasteiger partial charge is 0.477 e. The molecule has 1 aromatic heterocycles. The number of rotatable bonds is 3. The number of fused-ring (bicyclic) bond motifs is 1. The van der Waals surface area contributed by atoms with Crippen LogP contribution in [-0.2, 0) is 4.79 Å². The van der Waals surface area contributed by atoms with Gasteiger partial charge in [0, 0.05) is 33.4 Å². The third kappa shape index (κ3) is 3.06. The summed E-state index contributed by atoms with van der Waals surface area (Å²) in [5.41, 5.74) is 0.876. The van der Waals surface area contributed by atoms with Crippen LogP contribution in [0.2, 0.25) is 5.02 Å². The third-order valence-corrected chi connectivity index (χ3v) is 6.12. The zero-order valence-electron chi connectivity index (χ0n) is 14.1. The summed E-state index contributed by atoms with van der Waals surface area (Å²) in [6, 6.07) is 9.96. The summed E-state index contributed by atoms with van der Waals surface area (Å²) in [4.78, 5) is 24.6. The Hall–Kier alpha value is -2.77. The number of halogens is 3. The Bertz CT molecular complexity index is 1090. The van der Waals surface area contributed by atoms with E-state index in [1.165, 1.54) is 6.07 Å². The lowest BCUT2D eigenvalue weighted by Gasteiger charge is -2.24. The zero-order valence-corrected chi connectivity index (χ0v) is 15.7. The molecule has 28 heavy (non-hydrogen) atoms. The average Bonchev–Trinajstić information content (AvgIpc) is 3.02. The van der Waals surface area contributed by atoms with Gasteiger partial charge in [0.25, 0.3) is 0 Å². The second-order valence-corrected chi connectivity index (χ2v) is 7.79. The summed E-state index contributed by atoms with van der Waals surface area (Å²) in [5.74, 6) is -4.08. The molecule has 1 aliphatic rings. The molecule has 0 spiro atoms. The molecule has 8 heteroatoms. The van der Waals surface area contributed by atoms with Crippen molar-refractivity contribution in [1.29, 1.82) is 0 Å². The van der Waals surface area contributed by atoms with Gasteiger partial charge in [0.05, 0.1) is 5.69 Å². The van der Waals surface area contributed by atoms with Crippen LogP contribution in [0, 0.1) is 11.6 Å². The van der Waals surface area contributed by atoms with E-state index < -0.39 is 29.4 Å². The van der Waals surface area contributed by atoms with Crippen LogP contribution < -0.4 is 5.32 Å². The van der Waals surface area contributed by atoms with E-state index in [4.69, 9.17) is 11.6 Å². The number of hydrogen-bond donors (Lipinski definition) is 2. The van der Waals surface area contributed by atoms with E-state index in [0.717, 1.165) is 23.5 Å². The quantitative estimate of drug-likeness (QED) is 0.587. The highest BCUT2D eigenvalue weighted by Crippen LogP contribution is 2.50. The Morgan fingerprint density at radius 3 is 2.39 bits per heavy atom. The molecule has 0 bridgehead atoms. The maximum atomic E-state index is 14.4. The Kier molecular flexibility index (Phi) is 4.64. The number of benzene rings is 2. The average molecular weight is 420 g/mol. The van der Waals surface area contributed by atoms with Gasteiger partial charge in [0.1, 0.15) is 16.5 Å². The first-order chi connectivity index (χ1) is 13.4. The van der Waals surface area contributed by atoms with Crippen LogP contribution in [0.5, 0.6) is 0 Å². The Morgan fingerprint density at radius 2 is 1.79 bits per heavy atom. The number of carbonyl (C=O) groups excluding carboxylic acids is 1. The molecule has 0 aliphatic carbocycles. The molecular weight excluding hydrogens is 408 g/mol. The minimum absolute atomic E-state index is 0.0173. The van der Waals surface area contributed by atoms with Crippen molar-refractivity contribution < 1.29 is 23.5 Å². The van der Waals surface area contributed by atoms with Crippen molar-refractivity contribution >= 4 is 40.5 Å². The van der Waals surface area contributed by atoms with Crippen molar-refractivity contribution in [2.45, 2.75) is 12.3 Å². The van der Waals surface area contributed by atoms with Gasteiger partial charge in [-0.1, -0.05) is 29.8 Å². The highest BCUT2D eigenvalue weighted by Gasteiger charge is 2.36. The molecular formula is C20H12ClF2NO3S. The highest BCUT2D eigenvalue weighted by atomic mass is 35.5. The lowest BCUT2D eigenvalue weighted by Crippen LogP contribution is -2.23. The number of nitrogens with one attached hydrogen (secondary N) is 1. The molecule has 3 aromatic rings. The molecule has 0 saturated heterocycles. The van der Waals surface area contributed by atoms with Crippen LogP contribution in [0.4, 0.5) is 14.5 Å². The van der Waals surface area contributed by atoms with Gasteiger partial charge in [-0.3, -0.25) is 4.79 Å². The van der Waals surface area contributed by atoms with Gasteiger partial charge >= 0.3 is 5.97 Å². The number of amides is 1. The molecule has 0 fully saturated rings. The van der Waals surface area contributed by atoms with Gasteiger partial charge < -0.3 is 10.4 Å². The van der Waals surface area contributed by atoms with Crippen LogP contribution in [0.3, 0.4) is 0 Å². The fraction of sp³-hybridized carbons (Fsp3) is 0.100. The molecule has 1 amide bonds. The normalized spacial score (nSPS) is 15.8. The summed E-state index contributed by atoms with van der Waals surface area (Å²) >= 11 is 6.82. The summed E-state index contributed by atoms with van der Waals surface area (Å²) < 4.78 is 28.8. The van der Waals surface area contributed by atoms with Gasteiger partial charge in [-0.25, -0.2) is 13.6 Å². The van der Waals surface area contributed by atoms with Gasteiger partial charge in [-0.15, -0.1) is 11.3 Å². The van der Waals surface area contributed by atoms with Gasteiger partial charge in [-0.05, 0) is 29.8 Å². The number of carbonyl (C=O) groups is 2. The number of carboxylic acid groups (broad SMARTS) is 1. The van der Waals surface area contributed by atoms with E-state index in [-0.39, 0.29) is 22.5 Å². The lowest BCUT2D eigenvalue weighted by atomic mass is 9.88.